The van der Waals surface area contributed by atoms with Gasteiger partial charge >= 0.3 is 11.7 Å². The number of fused-ring (bicyclic) bond motifs is 5. The smallest absolute Gasteiger partial charge is 0.328 e. The second-order valence-corrected chi connectivity index (χ2v) is 7.98. The summed E-state index contributed by atoms with van der Waals surface area (Å²) in [4.78, 5) is 24.1. The molecule has 0 amide bonds. The topological polar surface area (TPSA) is 108 Å². The highest BCUT2D eigenvalue weighted by molar-refractivity contribution is 5.82. The fourth-order valence-corrected chi connectivity index (χ4v) is 4.24. The third kappa shape index (κ3) is 3.32. The number of nitrogens with two attached hydrogens (primary N) is 1. The van der Waals surface area contributed by atoms with Gasteiger partial charge in [-0.3, -0.25) is 4.57 Å². The molecule has 0 fully saturated rings. The maximum Gasteiger partial charge on any atom is 0.328 e. The summed E-state index contributed by atoms with van der Waals surface area (Å²) in [5.74, 6) is 1.26. The Hall–Kier alpha value is -3.03. The van der Waals surface area contributed by atoms with Crippen LogP contribution in [-0.2, 0) is 19.4 Å². The molecule has 2 aliphatic rings. The van der Waals surface area contributed by atoms with E-state index in [9.17, 15) is 4.79 Å². The Morgan fingerprint density at radius 2 is 2.00 bits per heavy atom. The lowest BCUT2D eigenvalue weighted by molar-refractivity contribution is 0.190. The van der Waals surface area contributed by atoms with Gasteiger partial charge in [0.1, 0.15) is 11.3 Å². The SMILES string of the molecule is CC1CCc2cc3cc(c2O1)CCCCCOc1nc(N)c2[nH]c(=O)n(c2n1)C3. The molecule has 29 heavy (non-hydrogen) atoms. The van der Waals surface area contributed by atoms with Gasteiger partial charge in [-0.05, 0) is 62.1 Å². The standard InChI is InChI=1S/C21H25N5O3/c1-12-6-7-15-10-13-9-14(17(15)29-12)5-3-2-4-8-28-20-24-18(22)16-19(25-20)26(11-13)21(27)23-16/h9-10,12H,2-8,11H2,1H3,(H,23,27)(H2,22,24,25). The molecule has 2 aliphatic heterocycles. The van der Waals surface area contributed by atoms with Crippen LogP contribution < -0.4 is 20.9 Å². The maximum atomic E-state index is 12.6. The first-order valence-corrected chi connectivity index (χ1v) is 10.3. The predicted molar refractivity (Wildman–Crippen MR) is 110 cm³/mol. The fraction of sp³-hybridized carbons (Fsp3) is 0.476. The Labute approximate surface area is 168 Å². The van der Waals surface area contributed by atoms with Crippen molar-refractivity contribution in [2.75, 3.05) is 12.3 Å². The summed E-state index contributed by atoms with van der Waals surface area (Å²) >= 11 is 0. The van der Waals surface area contributed by atoms with E-state index in [0.717, 1.165) is 49.8 Å². The minimum atomic E-state index is -0.255. The first-order chi connectivity index (χ1) is 14.1. The third-order valence-corrected chi connectivity index (χ3v) is 5.73. The predicted octanol–water partition coefficient (Wildman–Crippen LogP) is 2.57. The summed E-state index contributed by atoms with van der Waals surface area (Å²) < 4.78 is 13.5. The van der Waals surface area contributed by atoms with Crippen LogP contribution in [0, 0.1) is 0 Å². The van der Waals surface area contributed by atoms with Crippen molar-refractivity contribution < 1.29 is 9.47 Å². The zero-order chi connectivity index (χ0) is 20.0. The lowest BCUT2D eigenvalue weighted by atomic mass is 9.94. The molecule has 8 nitrogen and oxygen atoms in total. The number of hydrogen-bond acceptors (Lipinski definition) is 6. The minimum Gasteiger partial charge on any atom is -0.490 e. The van der Waals surface area contributed by atoms with E-state index in [4.69, 9.17) is 15.2 Å². The van der Waals surface area contributed by atoms with Crippen molar-refractivity contribution in [1.29, 1.82) is 0 Å². The molecule has 1 aromatic carbocycles. The monoisotopic (exact) mass is 395 g/mol. The van der Waals surface area contributed by atoms with Gasteiger partial charge in [0.2, 0.25) is 0 Å². The van der Waals surface area contributed by atoms with E-state index in [1.807, 2.05) is 0 Å². The summed E-state index contributed by atoms with van der Waals surface area (Å²) in [6.07, 6.45) is 6.19. The maximum absolute atomic E-state index is 12.6. The van der Waals surface area contributed by atoms with E-state index in [1.165, 1.54) is 11.1 Å². The number of nitrogens with zero attached hydrogens (tertiary/aromatic N) is 3. The Balaban J connectivity index is 1.65. The van der Waals surface area contributed by atoms with Crippen molar-refractivity contribution in [2.24, 2.45) is 0 Å². The summed E-state index contributed by atoms with van der Waals surface area (Å²) in [5, 5.41) is 0. The van der Waals surface area contributed by atoms with Gasteiger partial charge in [-0.15, -0.1) is 0 Å². The number of imidazole rings is 1. The van der Waals surface area contributed by atoms with Crippen LogP contribution in [0.15, 0.2) is 16.9 Å². The van der Waals surface area contributed by atoms with Gasteiger partial charge < -0.3 is 20.2 Å². The van der Waals surface area contributed by atoms with Crippen molar-refractivity contribution in [3.8, 4) is 11.8 Å². The van der Waals surface area contributed by atoms with Crippen LogP contribution in [0.3, 0.4) is 0 Å². The average Bonchev–Trinajstić information content (AvgIpc) is 3.00. The van der Waals surface area contributed by atoms with Gasteiger partial charge in [0.25, 0.3) is 0 Å². The van der Waals surface area contributed by atoms with Gasteiger partial charge in [-0.1, -0.05) is 12.1 Å². The molecule has 4 heterocycles. The van der Waals surface area contributed by atoms with Crippen LogP contribution in [0.5, 0.6) is 11.8 Å². The van der Waals surface area contributed by atoms with E-state index in [0.29, 0.717) is 24.3 Å². The molecule has 1 atom stereocenters. The molecule has 3 N–H and O–H groups in total. The zero-order valence-corrected chi connectivity index (χ0v) is 16.5. The Kier molecular flexibility index (Phi) is 4.41. The lowest BCUT2D eigenvalue weighted by Gasteiger charge is -2.26. The van der Waals surface area contributed by atoms with Gasteiger partial charge in [0.15, 0.2) is 11.5 Å². The molecule has 1 unspecified atom stereocenters. The van der Waals surface area contributed by atoms with Crippen molar-refractivity contribution in [1.82, 2.24) is 19.5 Å². The molecule has 5 rings (SSSR count). The number of H-pyrrole nitrogens is 1. The van der Waals surface area contributed by atoms with Crippen LogP contribution in [0.2, 0.25) is 0 Å². The van der Waals surface area contributed by atoms with Crippen LogP contribution >= 0.6 is 0 Å². The number of aromatic nitrogens is 4. The van der Waals surface area contributed by atoms with Crippen LogP contribution in [-0.4, -0.2) is 32.2 Å². The molecule has 2 aromatic heterocycles. The molecule has 0 saturated carbocycles. The Morgan fingerprint density at radius 3 is 2.86 bits per heavy atom. The number of benzene rings is 1. The van der Waals surface area contributed by atoms with Crippen molar-refractivity contribution >= 4 is 17.0 Å². The van der Waals surface area contributed by atoms with Crippen molar-refractivity contribution in [3.63, 3.8) is 0 Å². The number of anilines is 1. The van der Waals surface area contributed by atoms with Gasteiger partial charge in [0.05, 0.1) is 19.3 Å². The highest BCUT2D eigenvalue weighted by Crippen LogP contribution is 2.34. The number of nitrogens with one attached hydrogen (secondary N) is 1. The first-order valence-electron chi connectivity index (χ1n) is 10.3. The Morgan fingerprint density at radius 1 is 1.17 bits per heavy atom. The van der Waals surface area contributed by atoms with E-state index < -0.39 is 0 Å². The molecule has 0 saturated heterocycles. The summed E-state index contributed by atoms with van der Waals surface area (Å²) in [6.45, 7) is 3.05. The normalized spacial score (nSPS) is 19.3. The number of rotatable bonds is 0. The third-order valence-electron chi connectivity index (χ3n) is 5.73. The minimum absolute atomic E-state index is 0.216. The van der Waals surface area contributed by atoms with Crippen LogP contribution in [0.25, 0.3) is 11.2 Å². The van der Waals surface area contributed by atoms with Gasteiger partial charge in [0, 0.05) is 0 Å². The highest BCUT2D eigenvalue weighted by Gasteiger charge is 2.22. The summed E-state index contributed by atoms with van der Waals surface area (Å²) in [5.41, 5.74) is 10.2. The first kappa shape index (κ1) is 18.0. The molecule has 3 aromatic rings. The number of ether oxygens (including phenoxy) is 2. The summed E-state index contributed by atoms with van der Waals surface area (Å²) in [7, 11) is 0. The van der Waals surface area contributed by atoms with Crippen LogP contribution in [0.1, 0.15) is 49.3 Å². The summed E-state index contributed by atoms with van der Waals surface area (Å²) in [6, 6.07) is 4.55. The quantitative estimate of drug-likeness (QED) is 0.606. The fourth-order valence-electron chi connectivity index (χ4n) is 4.24. The number of aromatic amines is 1. The van der Waals surface area contributed by atoms with E-state index in [1.54, 1.807) is 4.57 Å². The molecular weight excluding hydrogens is 370 g/mol. The zero-order valence-electron chi connectivity index (χ0n) is 16.5. The molecule has 0 spiro atoms. The van der Waals surface area contributed by atoms with Crippen molar-refractivity contribution in [3.05, 3.63) is 39.3 Å². The second kappa shape index (κ2) is 7.09. The number of nitrogen functional groups attached to an aromatic ring is 1. The van der Waals surface area contributed by atoms with E-state index in [2.05, 4.69) is 34.0 Å². The van der Waals surface area contributed by atoms with E-state index in [-0.39, 0.29) is 23.6 Å². The molecule has 0 aliphatic carbocycles. The molecule has 152 valence electrons. The molecule has 8 heteroatoms. The molecule has 4 bridgehead atoms. The Bertz CT molecular complexity index is 1130. The highest BCUT2D eigenvalue weighted by atomic mass is 16.5. The van der Waals surface area contributed by atoms with Crippen molar-refractivity contribution in [2.45, 2.75) is 58.1 Å². The molecular formula is C21H25N5O3. The van der Waals surface area contributed by atoms with Gasteiger partial charge in [-0.25, -0.2) is 4.79 Å². The largest absolute Gasteiger partial charge is 0.490 e. The van der Waals surface area contributed by atoms with Crippen LogP contribution in [0.4, 0.5) is 5.82 Å². The molecule has 0 radical (unpaired) electrons. The average molecular weight is 395 g/mol. The number of hydrogen-bond donors (Lipinski definition) is 2. The van der Waals surface area contributed by atoms with E-state index >= 15 is 0 Å². The second-order valence-electron chi connectivity index (χ2n) is 7.98. The van der Waals surface area contributed by atoms with Gasteiger partial charge in [-0.2, -0.15) is 9.97 Å². The number of aryl methyl sites for hydroxylation is 2. The lowest BCUT2D eigenvalue weighted by Crippen LogP contribution is -2.22.